The van der Waals surface area contributed by atoms with E-state index in [0.717, 1.165) is 29.2 Å². The Balaban J connectivity index is 2.03. The van der Waals surface area contributed by atoms with E-state index in [-0.39, 0.29) is 16.5 Å². The molecular weight excluding hydrogens is 375 g/mol. The molecule has 2 aromatic rings. The third-order valence-electron chi connectivity index (χ3n) is 3.91. The molecule has 0 spiro atoms. The molecule has 0 fully saturated rings. The first kappa shape index (κ1) is 19.2. The zero-order valence-corrected chi connectivity index (χ0v) is 15.4. The average molecular weight is 391 g/mol. The first-order chi connectivity index (χ1) is 12.7. The Morgan fingerprint density at radius 3 is 2.00 bits per heavy atom. The van der Waals surface area contributed by atoms with Crippen LogP contribution < -0.4 is 4.90 Å². The first-order valence-corrected chi connectivity index (χ1v) is 9.10. The molecule has 0 unspecified atom stereocenters. The van der Waals surface area contributed by atoms with Crippen molar-refractivity contribution in [3.8, 4) is 0 Å². The van der Waals surface area contributed by atoms with Crippen molar-refractivity contribution >= 4 is 34.8 Å². The van der Waals surface area contributed by atoms with E-state index >= 15 is 0 Å². The highest BCUT2D eigenvalue weighted by atomic mass is 32.2. The zero-order valence-electron chi connectivity index (χ0n) is 14.6. The molecule has 0 saturated carbocycles. The number of alkyl halides is 3. The number of thioether (sulfide) groups is 1. The standard InChI is InChI=1S/C20H16F3NO2S/c1-12(2)27-17-16(13-6-4-3-5-7-13)18(25)24(19(17)26)15-10-8-14(9-11-15)20(21,22)23/h3-12H,1-2H3. The minimum Gasteiger partial charge on any atom is -0.268 e. The summed E-state index contributed by atoms with van der Waals surface area (Å²) < 4.78 is 38.3. The SMILES string of the molecule is CC(C)SC1=C(c2ccccc2)C(=O)N(c2ccc(C(F)(F)F)cc2)C1=O. The Morgan fingerprint density at radius 2 is 1.48 bits per heavy atom. The van der Waals surface area contributed by atoms with E-state index in [1.807, 2.05) is 13.8 Å². The molecular formula is C20H16F3NO2S. The topological polar surface area (TPSA) is 37.4 Å². The number of imide groups is 1. The van der Waals surface area contributed by atoms with Gasteiger partial charge in [0.2, 0.25) is 0 Å². The third kappa shape index (κ3) is 3.78. The highest BCUT2D eigenvalue weighted by molar-refractivity contribution is 8.04. The van der Waals surface area contributed by atoms with Gasteiger partial charge >= 0.3 is 6.18 Å². The molecule has 0 saturated heterocycles. The van der Waals surface area contributed by atoms with Gasteiger partial charge in [0, 0.05) is 5.25 Å². The minimum atomic E-state index is -4.48. The van der Waals surface area contributed by atoms with Gasteiger partial charge in [0.1, 0.15) is 0 Å². The van der Waals surface area contributed by atoms with Crippen LogP contribution in [-0.4, -0.2) is 17.1 Å². The number of hydrogen-bond acceptors (Lipinski definition) is 3. The highest BCUT2D eigenvalue weighted by Gasteiger charge is 2.40. The van der Waals surface area contributed by atoms with Crippen LogP contribution in [0.15, 0.2) is 59.5 Å². The van der Waals surface area contributed by atoms with E-state index in [2.05, 4.69) is 0 Å². The summed E-state index contributed by atoms with van der Waals surface area (Å²) >= 11 is 1.27. The molecule has 7 heteroatoms. The summed E-state index contributed by atoms with van der Waals surface area (Å²) in [6.07, 6.45) is -4.48. The van der Waals surface area contributed by atoms with Crippen LogP contribution in [0.2, 0.25) is 0 Å². The molecule has 0 aliphatic carbocycles. The molecule has 3 rings (SSSR count). The van der Waals surface area contributed by atoms with Crippen molar-refractivity contribution in [2.75, 3.05) is 4.90 Å². The van der Waals surface area contributed by atoms with Crippen LogP contribution in [0.25, 0.3) is 5.57 Å². The van der Waals surface area contributed by atoms with E-state index < -0.39 is 23.6 Å². The molecule has 2 amide bonds. The van der Waals surface area contributed by atoms with Gasteiger partial charge in [0.05, 0.1) is 21.7 Å². The number of anilines is 1. The number of carbonyl (C=O) groups is 2. The second-order valence-corrected chi connectivity index (χ2v) is 7.81. The smallest absolute Gasteiger partial charge is 0.268 e. The maximum Gasteiger partial charge on any atom is 0.416 e. The lowest BCUT2D eigenvalue weighted by molar-refractivity contribution is -0.137. The molecule has 0 atom stereocenters. The van der Waals surface area contributed by atoms with Gasteiger partial charge in [-0.05, 0) is 29.8 Å². The summed E-state index contributed by atoms with van der Waals surface area (Å²) in [4.78, 5) is 27.2. The number of nitrogens with zero attached hydrogens (tertiary/aromatic N) is 1. The number of benzene rings is 2. The molecule has 2 aromatic carbocycles. The second kappa shape index (κ2) is 7.23. The summed E-state index contributed by atoms with van der Waals surface area (Å²) in [5.41, 5.74) is 0.164. The van der Waals surface area contributed by atoms with E-state index in [1.54, 1.807) is 30.3 Å². The first-order valence-electron chi connectivity index (χ1n) is 8.22. The predicted molar refractivity (Wildman–Crippen MR) is 100 cm³/mol. The lowest BCUT2D eigenvalue weighted by atomic mass is 10.1. The summed E-state index contributed by atoms with van der Waals surface area (Å²) in [5.74, 6) is -1.05. The van der Waals surface area contributed by atoms with Crippen molar-refractivity contribution in [3.63, 3.8) is 0 Å². The zero-order chi connectivity index (χ0) is 19.8. The molecule has 0 bridgehead atoms. The quantitative estimate of drug-likeness (QED) is 0.678. The Bertz CT molecular complexity index is 903. The van der Waals surface area contributed by atoms with Crippen LogP contribution in [0.4, 0.5) is 18.9 Å². The summed E-state index contributed by atoms with van der Waals surface area (Å²) in [7, 11) is 0. The van der Waals surface area contributed by atoms with Gasteiger partial charge < -0.3 is 0 Å². The van der Waals surface area contributed by atoms with Crippen molar-refractivity contribution in [1.82, 2.24) is 0 Å². The molecule has 140 valence electrons. The maximum atomic E-state index is 13.0. The van der Waals surface area contributed by atoms with Gasteiger partial charge in [-0.3, -0.25) is 9.59 Å². The molecule has 0 radical (unpaired) electrons. The Hall–Kier alpha value is -2.54. The fourth-order valence-electron chi connectivity index (χ4n) is 2.75. The Labute approximate surface area is 158 Å². The monoisotopic (exact) mass is 391 g/mol. The normalized spacial score (nSPS) is 15.3. The fraction of sp³-hybridized carbons (Fsp3) is 0.200. The number of rotatable bonds is 4. The largest absolute Gasteiger partial charge is 0.416 e. The van der Waals surface area contributed by atoms with Gasteiger partial charge in [-0.2, -0.15) is 13.2 Å². The molecule has 1 heterocycles. The summed E-state index contributed by atoms with van der Waals surface area (Å²) in [5, 5.41) is 0.0583. The summed E-state index contributed by atoms with van der Waals surface area (Å²) in [6.45, 7) is 3.80. The second-order valence-electron chi connectivity index (χ2n) is 6.23. The van der Waals surface area contributed by atoms with Crippen LogP contribution in [0.5, 0.6) is 0 Å². The van der Waals surface area contributed by atoms with Crippen molar-refractivity contribution in [1.29, 1.82) is 0 Å². The van der Waals surface area contributed by atoms with Gasteiger partial charge in [0.25, 0.3) is 11.8 Å². The maximum absolute atomic E-state index is 13.0. The van der Waals surface area contributed by atoms with Crippen molar-refractivity contribution < 1.29 is 22.8 Å². The number of hydrogen-bond donors (Lipinski definition) is 0. The number of amides is 2. The lowest BCUT2D eigenvalue weighted by Crippen LogP contribution is -2.31. The Morgan fingerprint density at radius 1 is 0.889 bits per heavy atom. The van der Waals surface area contributed by atoms with Crippen molar-refractivity contribution in [2.24, 2.45) is 0 Å². The van der Waals surface area contributed by atoms with Gasteiger partial charge in [0.15, 0.2) is 0 Å². The van der Waals surface area contributed by atoms with E-state index in [4.69, 9.17) is 0 Å². The van der Waals surface area contributed by atoms with Crippen molar-refractivity contribution in [3.05, 3.63) is 70.6 Å². The van der Waals surface area contributed by atoms with E-state index in [9.17, 15) is 22.8 Å². The summed E-state index contributed by atoms with van der Waals surface area (Å²) in [6, 6.07) is 12.8. The van der Waals surface area contributed by atoms with Gasteiger partial charge in [-0.1, -0.05) is 44.2 Å². The van der Waals surface area contributed by atoms with Crippen LogP contribution in [0, 0.1) is 0 Å². The van der Waals surface area contributed by atoms with Crippen LogP contribution in [0.1, 0.15) is 25.0 Å². The fourth-order valence-corrected chi connectivity index (χ4v) is 3.73. The molecule has 0 aromatic heterocycles. The third-order valence-corrected chi connectivity index (χ3v) is 5.00. The Kier molecular flexibility index (Phi) is 5.15. The molecule has 27 heavy (non-hydrogen) atoms. The lowest BCUT2D eigenvalue weighted by Gasteiger charge is -2.16. The molecule has 1 aliphatic rings. The minimum absolute atomic E-state index is 0.0583. The van der Waals surface area contributed by atoms with Crippen LogP contribution >= 0.6 is 11.8 Å². The predicted octanol–water partition coefficient (Wildman–Crippen LogP) is 5.13. The van der Waals surface area contributed by atoms with Crippen LogP contribution in [-0.2, 0) is 15.8 Å². The van der Waals surface area contributed by atoms with Gasteiger partial charge in [-0.25, -0.2) is 4.90 Å². The van der Waals surface area contributed by atoms with Crippen molar-refractivity contribution in [2.45, 2.75) is 25.3 Å². The molecule has 3 nitrogen and oxygen atoms in total. The molecule has 1 aliphatic heterocycles. The van der Waals surface area contributed by atoms with E-state index in [0.29, 0.717) is 10.5 Å². The number of carbonyl (C=O) groups excluding carboxylic acids is 2. The number of halogens is 3. The average Bonchev–Trinajstić information content (AvgIpc) is 2.85. The van der Waals surface area contributed by atoms with E-state index in [1.165, 1.54) is 11.8 Å². The molecule has 0 N–H and O–H groups in total. The van der Waals surface area contributed by atoms with Gasteiger partial charge in [-0.15, -0.1) is 11.8 Å². The van der Waals surface area contributed by atoms with Crippen LogP contribution in [0.3, 0.4) is 0 Å². The highest BCUT2D eigenvalue weighted by Crippen LogP contribution is 2.40.